The van der Waals surface area contributed by atoms with E-state index in [1.165, 1.54) is 24.3 Å². The minimum atomic E-state index is -4.25. The second kappa shape index (κ2) is 6.62. The Morgan fingerprint density at radius 1 is 1.25 bits per heavy atom. The molecule has 0 amide bonds. The molecule has 0 aliphatic rings. The highest BCUT2D eigenvalue weighted by Crippen LogP contribution is 2.25. The molecule has 0 saturated heterocycles. The number of ether oxygens (including phenoxy) is 1. The molecule has 0 unspecified atom stereocenters. The van der Waals surface area contributed by atoms with E-state index >= 15 is 0 Å². The van der Waals surface area contributed by atoms with Crippen LogP contribution < -0.4 is 4.72 Å². The van der Waals surface area contributed by atoms with E-state index < -0.39 is 32.4 Å². The fourth-order valence-electron chi connectivity index (χ4n) is 1.91. The maximum atomic E-state index is 13.3. The molecule has 0 radical (unpaired) electrons. The second-order valence-electron chi connectivity index (χ2n) is 4.52. The number of sulfonamides is 1. The molecule has 24 heavy (non-hydrogen) atoms. The number of nitrogens with one attached hydrogen (secondary N) is 1. The van der Waals surface area contributed by atoms with Gasteiger partial charge in [-0.1, -0.05) is 12.1 Å². The first-order valence-electron chi connectivity index (χ1n) is 6.40. The van der Waals surface area contributed by atoms with Gasteiger partial charge in [-0.3, -0.25) is 14.8 Å². The van der Waals surface area contributed by atoms with E-state index in [2.05, 4.69) is 9.46 Å². The number of hydrogen-bond donors (Lipinski definition) is 1. The van der Waals surface area contributed by atoms with E-state index in [9.17, 15) is 27.7 Å². The van der Waals surface area contributed by atoms with Gasteiger partial charge in [0.15, 0.2) is 0 Å². The number of halogens is 1. The molecule has 2 aromatic rings. The summed E-state index contributed by atoms with van der Waals surface area (Å²) in [7, 11) is -3.15. The SMILES string of the molecule is COC(=O)c1ccccc1S(=O)(=O)Nc1ccc(F)c([N+](=O)[O-])c1. The minimum absolute atomic E-state index is 0.205. The van der Waals surface area contributed by atoms with E-state index in [1.54, 1.807) is 0 Å². The molecule has 0 aliphatic carbocycles. The zero-order valence-corrected chi connectivity index (χ0v) is 13.0. The summed E-state index contributed by atoms with van der Waals surface area (Å²) in [6.45, 7) is 0. The van der Waals surface area contributed by atoms with Crippen molar-refractivity contribution >= 4 is 27.4 Å². The third-order valence-corrected chi connectivity index (χ3v) is 4.42. The van der Waals surface area contributed by atoms with Crippen LogP contribution in [-0.2, 0) is 14.8 Å². The quantitative estimate of drug-likeness (QED) is 0.500. The highest BCUT2D eigenvalue weighted by atomic mass is 32.2. The smallest absolute Gasteiger partial charge is 0.339 e. The average Bonchev–Trinajstić information content (AvgIpc) is 2.55. The predicted molar refractivity (Wildman–Crippen MR) is 81.6 cm³/mol. The molecule has 10 heteroatoms. The van der Waals surface area contributed by atoms with Crippen molar-refractivity contribution in [2.24, 2.45) is 0 Å². The Kier molecular flexibility index (Phi) is 4.79. The molecule has 0 aromatic heterocycles. The average molecular weight is 354 g/mol. The Bertz CT molecular complexity index is 913. The number of nitro benzene ring substituents is 1. The zero-order valence-electron chi connectivity index (χ0n) is 12.2. The molecule has 126 valence electrons. The van der Waals surface area contributed by atoms with Crippen LogP contribution in [0.25, 0.3) is 0 Å². The van der Waals surface area contributed by atoms with Gasteiger partial charge in [-0.05, 0) is 24.3 Å². The number of carbonyl (C=O) groups excluding carboxylic acids is 1. The second-order valence-corrected chi connectivity index (χ2v) is 6.17. The monoisotopic (exact) mass is 354 g/mol. The molecule has 0 heterocycles. The molecule has 1 N–H and O–H groups in total. The lowest BCUT2D eigenvalue weighted by Crippen LogP contribution is -2.17. The summed E-state index contributed by atoms with van der Waals surface area (Å²) < 4.78 is 44.8. The van der Waals surface area contributed by atoms with Crippen molar-refractivity contribution in [2.45, 2.75) is 4.90 Å². The van der Waals surface area contributed by atoms with E-state index in [4.69, 9.17) is 0 Å². The molecule has 0 fully saturated rings. The van der Waals surface area contributed by atoms with Crippen LogP contribution in [0.5, 0.6) is 0 Å². The molecule has 2 aromatic carbocycles. The van der Waals surface area contributed by atoms with Gasteiger partial charge in [0.25, 0.3) is 10.0 Å². The van der Waals surface area contributed by atoms with Gasteiger partial charge in [0, 0.05) is 6.07 Å². The Balaban J connectivity index is 2.45. The fourth-order valence-corrected chi connectivity index (χ4v) is 3.15. The van der Waals surface area contributed by atoms with E-state index in [1.807, 2.05) is 0 Å². The number of esters is 1. The first-order chi connectivity index (χ1) is 11.3. The van der Waals surface area contributed by atoms with Gasteiger partial charge in [-0.25, -0.2) is 13.2 Å². The molecule has 8 nitrogen and oxygen atoms in total. The fraction of sp³-hybridized carbons (Fsp3) is 0.0714. The predicted octanol–water partition coefficient (Wildman–Crippen LogP) is 2.32. The first kappa shape index (κ1) is 17.3. The van der Waals surface area contributed by atoms with Crippen LogP contribution in [-0.4, -0.2) is 26.4 Å². The topological polar surface area (TPSA) is 116 Å². The lowest BCUT2D eigenvalue weighted by Gasteiger charge is -2.11. The minimum Gasteiger partial charge on any atom is -0.465 e. The van der Waals surface area contributed by atoms with Crippen LogP contribution in [0.15, 0.2) is 47.4 Å². The number of rotatable bonds is 5. The number of hydrogen-bond acceptors (Lipinski definition) is 6. The van der Waals surface area contributed by atoms with Crippen LogP contribution in [0.1, 0.15) is 10.4 Å². The summed E-state index contributed by atoms with van der Waals surface area (Å²) in [5.41, 5.74) is -1.30. The van der Waals surface area contributed by atoms with Crippen molar-refractivity contribution < 1.29 is 27.3 Å². The van der Waals surface area contributed by atoms with Crippen LogP contribution in [0.3, 0.4) is 0 Å². The first-order valence-corrected chi connectivity index (χ1v) is 7.88. The van der Waals surface area contributed by atoms with Crippen molar-refractivity contribution in [3.63, 3.8) is 0 Å². The number of nitrogens with zero attached hydrogens (tertiary/aromatic N) is 1. The Morgan fingerprint density at radius 3 is 2.54 bits per heavy atom. The molecule has 0 bridgehead atoms. The molecule has 0 aliphatic heterocycles. The number of benzene rings is 2. The van der Waals surface area contributed by atoms with Crippen LogP contribution in [0, 0.1) is 15.9 Å². The van der Waals surface area contributed by atoms with Crippen molar-refractivity contribution in [3.8, 4) is 0 Å². The number of methoxy groups -OCH3 is 1. The van der Waals surface area contributed by atoms with Crippen molar-refractivity contribution in [1.82, 2.24) is 0 Å². The van der Waals surface area contributed by atoms with Gasteiger partial charge in [0.2, 0.25) is 5.82 Å². The van der Waals surface area contributed by atoms with E-state index in [0.717, 1.165) is 25.3 Å². The number of nitro groups is 1. The van der Waals surface area contributed by atoms with E-state index in [-0.39, 0.29) is 16.1 Å². The highest BCUT2D eigenvalue weighted by molar-refractivity contribution is 7.92. The Hall–Kier alpha value is -3.01. The summed E-state index contributed by atoms with van der Waals surface area (Å²) >= 11 is 0. The Morgan fingerprint density at radius 2 is 1.92 bits per heavy atom. The molecule has 0 saturated carbocycles. The Labute approximate surface area is 136 Å². The van der Waals surface area contributed by atoms with Gasteiger partial charge < -0.3 is 4.74 Å². The lowest BCUT2D eigenvalue weighted by atomic mass is 10.2. The van der Waals surface area contributed by atoms with Gasteiger partial charge in [0.1, 0.15) is 4.90 Å². The molecule has 0 spiro atoms. The molecular weight excluding hydrogens is 343 g/mol. The van der Waals surface area contributed by atoms with Gasteiger partial charge in [-0.15, -0.1) is 0 Å². The summed E-state index contributed by atoms with van der Waals surface area (Å²) in [6, 6.07) is 7.82. The van der Waals surface area contributed by atoms with Crippen LogP contribution in [0.4, 0.5) is 15.8 Å². The summed E-state index contributed by atoms with van der Waals surface area (Å²) in [5, 5.41) is 10.7. The van der Waals surface area contributed by atoms with Gasteiger partial charge in [-0.2, -0.15) is 4.39 Å². The summed E-state index contributed by atoms with van der Waals surface area (Å²) in [5.74, 6) is -1.96. The van der Waals surface area contributed by atoms with Crippen molar-refractivity contribution in [2.75, 3.05) is 11.8 Å². The number of anilines is 1. The standard InChI is InChI=1S/C14H11FN2O6S/c1-23-14(18)10-4-2-3-5-13(10)24(21,22)16-9-6-7-11(15)12(8-9)17(19)20/h2-8,16H,1H3. The van der Waals surface area contributed by atoms with Crippen molar-refractivity contribution in [1.29, 1.82) is 0 Å². The van der Waals surface area contributed by atoms with Crippen molar-refractivity contribution in [3.05, 3.63) is 64.0 Å². The molecule has 0 atom stereocenters. The zero-order chi connectivity index (χ0) is 17.9. The van der Waals surface area contributed by atoms with Gasteiger partial charge >= 0.3 is 11.7 Å². The normalized spacial score (nSPS) is 10.9. The maximum Gasteiger partial charge on any atom is 0.339 e. The van der Waals surface area contributed by atoms with Crippen LogP contribution >= 0.6 is 0 Å². The summed E-state index contributed by atoms with van der Waals surface area (Å²) in [4.78, 5) is 21.0. The van der Waals surface area contributed by atoms with E-state index in [0.29, 0.717) is 0 Å². The highest BCUT2D eigenvalue weighted by Gasteiger charge is 2.24. The third kappa shape index (κ3) is 3.49. The molecular formula is C14H11FN2O6S. The number of carbonyl (C=O) groups is 1. The van der Waals surface area contributed by atoms with Crippen LogP contribution in [0.2, 0.25) is 0 Å². The summed E-state index contributed by atoms with van der Waals surface area (Å²) in [6.07, 6.45) is 0. The lowest BCUT2D eigenvalue weighted by molar-refractivity contribution is -0.387. The van der Waals surface area contributed by atoms with Gasteiger partial charge in [0.05, 0.1) is 23.3 Å². The largest absolute Gasteiger partial charge is 0.465 e. The third-order valence-electron chi connectivity index (χ3n) is 2.98. The molecule has 2 rings (SSSR count). The maximum absolute atomic E-state index is 13.3.